The van der Waals surface area contributed by atoms with Crippen molar-refractivity contribution < 1.29 is 14.4 Å². The van der Waals surface area contributed by atoms with Crippen LogP contribution < -0.4 is 5.32 Å². The van der Waals surface area contributed by atoms with Crippen LogP contribution in [-0.4, -0.2) is 52.8 Å². The molecule has 1 saturated carbocycles. The predicted octanol–water partition coefficient (Wildman–Crippen LogP) is 1.35. The number of urea groups is 1. The Hall–Kier alpha value is -1.43. The van der Waals surface area contributed by atoms with Crippen LogP contribution in [0, 0.1) is 5.41 Å². The van der Waals surface area contributed by atoms with Gasteiger partial charge in [0.2, 0.25) is 11.8 Å². The van der Waals surface area contributed by atoms with Crippen LogP contribution in [0.15, 0.2) is 0 Å². The molecule has 1 aliphatic carbocycles. The Balaban J connectivity index is 2.06. The molecule has 0 aromatic rings. The average Bonchev–Trinajstić information content (AvgIpc) is 2.30. The molecule has 118 valence electrons. The third-order valence-electron chi connectivity index (χ3n) is 4.67. The van der Waals surface area contributed by atoms with Gasteiger partial charge in [0.05, 0.1) is 0 Å². The van der Waals surface area contributed by atoms with Gasteiger partial charge in [-0.25, -0.2) is 4.79 Å². The number of hydrogen-bond donors (Lipinski definition) is 1. The zero-order valence-corrected chi connectivity index (χ0v) is 13.3. The number of barbiturate groups is 1. The highest BCUT2D eigenvalue weighted by atomic mass is 16.2. The van der Waals surface area contributed by atoms with E-state index in [0.29, 0.717) is 38.0 Å². The monoisotopic (exact) mass is 295 g/mol. The minimum atomic E-state index is -0.964. The Morgan fingerprint density at radius 2 is 1.71 bits per heavy atom. The second-order valence-electron chi connectivity index (χ2n) is 6.58. The van der Waals surface area contributed by atoms with E-state index in [2.05, 4.69) is 37.9 Å². The predicted molar refractivity (Wildman–Crippen MR) is 78.5 cm³/mol. The van der Waals surface area contributed by atoms with Crippen molar-refractivity contribution in [2.45, 2.75) is 59.0 Å². The summed E-state index contributed by atoms with van der Waals surface area (Å²) >= 11 is 0. The molecular weight excluding hydrogens is 270 g/mol. The van der Waals surface area contributed by atoms with Gasteiger partial charge in [-0.05, 0) is 40.5 Å². The molecule has 1 saturated heterocycles. The van der Waals surface area contributed by atoms with E-state index in [4.69, 9.17) is 0 Å². The summed E-state index contributed by atoms with van der Waals surface area (Å²) in [4.78, 5) is 39.9. The second kappa shape index (κ2) is 5.75. The van der Waals surface area contributed by atoms with Crippen LogP contribution in [0.4, 0.5) is 4.79 Å². The van der Waals surface area contributed by atoms with Crippen LogP contribution in [0.25, 0.3) is 0 Å². The summed E-state index contributed by atoms with van der Waals surface area (Å²) in [6, 6.07) is 0.106. The largest absolute Gasteiger partial charge is 0.330 e. The van der Waals surface area contributed by atoms with Crippen LogP contribution in [0.3, 0.4) is 0 Å². The Labute approximate surface area is 125 Å². The van der Waals surface area contributed by atoms with Crippen LogP contribution >= 0.6 is 0 Å². The fraction of sp³-hybridized carbons (Fsp3) is 0.800. The van der Waals surface area contributed by atoms with E-state index in [0.717, 1.165) is 6.42 Å². The summed E-state index contributed by atoms with van der Waals surface area (Å²) in [5.74, 6) is -0.723. The van der Waals surface area contributed by atoms with Gasteiger partial charge >= 0.3 is 6.03 Å². The van der Waals surface area contributed by atoms with Crippen molar-refractivity contribution in [3.8, 4) is 0 Å². The van der Waals surface area contributed by atoms with E-state index in [1.165, 1.54) is 4.90 Å². The van der Waals surface area contributed by atoms with Gasteiger partial charge in [-0.1, -0.05) is 6.42 Å². The molecule has 0 atom stereocenters. The maximum atomic E-state index is 12.5. The molecule has 2 rings (SSSR count). The Morgan fingerprint density at radius 1 is 1.14 bits per heavy atom. The first-order valence-electron chi connectivity index (χ1n) is 7.72. The molecule has 2 fully saturated rings. The van der Waals surface area contributed by atoms with Crippen molar-refractivity contribution in [2.75, 3.05) is 13.1 Å². The van der Waals surface area contributed by atoms with Gasteiger partial charge in [-0.15, -0.1) is 0 Å². The first kappa shape index (κ1) is 15.9. The standard InChI is InChI=1S/C15H25N3O3/c1-10(2)17(11(3)4)8-9-18-13(20)15(6-5-7-15)12(19)16-14(18)21/h10-11H,5-9H2,1-4H3,(H,16,19,21). The summed E-state index contributed by atoms with van der Waals surface area (Å²) in [6.45, 7) is 9.32. The molecule has 0 radical (unpaired) electrons. The lowest BCUT2D eigenvalue weighted by Crippen LogP contribution is -2.66. The molecule has 4 amide bonds. The van der Waals surface area contributed by atoms with Gasteiger partial charge in [-0.3, -0.25) is 24.7 Å². The number of amides is 4. The van der Waals surface area contributed by atoms with Gasteiger partial charge in [0.25, 0.3) is 0 Å². The molecular formula is C15H25N3O3. The molecule has 0 bridgehead atoms. The lowest BCUT2D eigenvalue weighted by molar-refractivity contribution is -0.157. The smallest absolute Gasteiger partial charge is 0.297 e. The van der Waals surface area contributed by atoms with E-state index in [-0.39, 0.29) is 5.91 Å². The number of nitrogens with zero attached hydrogens (tertiary/aromatic N) is 2. The summed E-state index contributed by atoms with van der Waals surface area (Å²) in [7, 11) is 0. The highest BCUT2D eigenvalue weighted by Gasteiger charge is 2.57. The van der Waals surface area contributed by atoms with Crippen molar-refractivity contribution in [3.63, 3.8) is 0 Å². The minimum Gasteiger partial charge on any atom is -0.297 e. The first-order valence-corrected chi connectivity index (χ1v) is 7.72. The molecule has 6 heteroatoms. The van der Waals surface area contributed by atoms with Gasteiger partial charge in [0.15, 0.2) is 0 Å². The normalized spacial score (nSPS) is 21.5. The van der Waals surface area contributed by atoms with Crippen LogP contribution in [0.2, 0.25) is 0 Å². The van der Waals surface area contributed by atoms with E-state index < -0.39 is 17.4 Å². The minimum absolute atomic E-state index is 0.310. The molecule has 6 nitrogen and oxygen atoms in total. The van der Waals surface area contributed by atoms with Crippen LogP contribution in [0.5, 0.6) is 0 Å². The Morgan fingerprint density at radius 3 is 2.14 bits per heavy atom. The maximum absolute atomic E-state index is 12.5. The van der Waals surface area contributed by atoms with Crippen molar-refractivity contribution in [1.29, 1.82) is 0 Å². The van der Waals surface area contributed by atoms with Crippen molar-refractivity contribution >= 4 is 17.8 Å². The number of carbonyl (C=O) groups is 3. The summed E-state index contributed by atoms with van der Waals surface area (Å²) in [5.41, 5.74) is -0.964. The lowest BCUT2D eigenvalue weighted by Gasteiger charge is -2.45. The summed E-state index contributed by atoms with van der Waals surface area (Å²) < 4.78 is 0. The zero-order chi connectivity index (χ0) is 15.8. The maximum Gasteiger partial charge on any atom is 0.330 e. The molecule has 1 aliphatic heterocycles. The van der Waals surface area contributed by atoms with Crippen LogP contribution in [-0.2, 0) is 9.59 Å². The molecule has 0 aromatic heterocycles. The Bertz CT molecular complexity index is 447. The Kier molecular flexibility index (Phi) is 4.37. The van der Waals surface area contributed by atoms with E-state index in [9.17, 15) is 14.4 Å². The molecule has 0 aromatic carbocycles. The average molecular weight is 295 g/mol. The van der Waals surface area contributed by atoms with Gasteiger partial charge in [0, 0.05) is 25.2 Å². The molecule has 2 aliphatic rings. The number of imide groups is 2. The molecule has 1 N–H and O–H groups in total. The quantitative estimate of drug-likeness (QED) is 0.777. The topological polar surface area (TPSA) is 69.7 Å². The van der Waals surface area contributed by atoms with E-state index in [1.807, 2.05) is 0 Å². The fourth-order valence-corrected chi connectivity index (χ4v) is 3.23. The number of hydrogen-bond acceptors (Lipinski definition) is 4. The molecule has 1 spiro atoms. The first-order chi connectivity index (χ1) is 9.79. The summed E-state index contributed by atoms with van der Waals surface area (Å²) in [5, 5.41) is 2.34. The van der Waals surface area contributed by atoms with E-state index in [1.54, 1.807) is 0 Å². The number of carbonyl (C=O) groups excluding carboxylic acids is 3. The van der Waals surface area contributed by atoms with Crippen molar-refractivity contribution in [2.24, 2.45) is 5.41 Å². The van der Waals surface area contributed by atoms with Gasteiger partial charge < -0.3 is 0 Å². The third-order valence-corrected chi connectivity index (χ3v) is 4.67. The lowest BCUT2D eigenvalue weighted by atomic mass is 9.66. The van der Waals surface area contributed by atoms with Gasteiger partial charge in [0.1, 0.15) is 5.41 Å². The third kappa shape index (κ3) is 2.69. The second-order valence-corrected chi connectivity index (χ2v) is 6.58. The van der Waals surface area contributed by atoms with E-state index >= 15 is 0 Å². The van der Waals surface area contributed by atoms with Crippen molar-refractivity contribution in [3.05, 3.63) is 0 Å². The molecule has 0 unspecified atom stereocenters. The summed E-state index contributed by atoms with van der Waals surface area (Å²) in [6.07, 6.45) is 1.98. The molecule has 21 heavy (non-hydrogen) atoms. The highest BCUT2D eigenvalue weighted by molar-refractivity contribution is 6.19. The number of nitrogens with one attached hydrogen (secondary N) is 1. The van der Waals surface area contributed by atoms with Crippen LogP contribution in [0.1, 0.15) is 47.0 Å². The van der Waals surface area contributed by atoms with Gasteiger partial charge in [-0.2, -0.15) is 0 Å². The SMILES string of the molecule is CC(C)N(CCN1C(=O)NC(=O)C2(CCC2)C1=O)C(C)C. The van der Waals surface area contributed by atoms with Crippen molar-refractivity contribution in [1.82, 2.24) is 15.1 Å². The molecule has 1 heterocycles. The highest BCUT2D eigenvalue weighted by Crippen LogP contribution is 2.44. The fourth-order valence-electron chi connectivity index (χ4n) is 3.23. The zero-order valence-electron chi connectivity index (χ0n) is 13.3. The number of rotatable bonds is 5.